The first-order valence-corrected chi connectivity index (χ1v) is 6.17. The van der Waals surface area contributed by atoms with Crippen molar-refractivity contribution in [2.24, 2.45) is 0 Å². The number of carbonyl (C=O) groups excluding carboxylic acids is 1. The van der Waals surface area contributed by atoms with Gasteiger partial charge in [0.25, 0.3) is 5.91 Å². The number of hydrogen-bond donors (Lipinski definition) is 1. The van der Waals surface area contributed by atoms with Crippen LogP contribution in [0.4, 0.5) is 0 Å². The van der Waals surface area contributed by atoms with E-state index in [1.807, 2.05) is 10.3 Å². The average Bonchev–Trinajstić information content (AvgIpc) is 2.85. The maximum absolute atomic E-state index is 12.2. The summed E-state index contributed by atoms with van der Waals surface area (Å²) in [7, 11) is 0. The summed E-state index contributed by atoms with van der Waals surface area (Å²) in [5.41, 5.74) is 0. The number of nitrogens with zero attached hydrogens (tertiary/aromatic N) is 2. The van der Waals surface area contributed by atoms with Crippen LogP contribution in [0.15, 0.2) is 11.6 Å². The molecular formula is C10H13N3OS. The molecule has 2 aliphatic rings. The van der Waals surface area contributed by atoms with Gasteiger partial charge in [0.1, 0.15) is 0 Å². The van der Waals surface area contributed by atoms with Gasteiger partial charge in [-0.3, -0.25) is 4.79 Å². The molecule has 2 atom stereocenters. The Bertz CT molecular complexity index is 349. The molecule has 2 saturated heterocycles. The number of hydrogen-bond acceptors (Lipinski definition) is 4. The lowest BCUT2D eigenvalue weighted by Crippen LogP contribution is -2.54. The highest BCUT2D eigenvalue weighted by molar-refractivity contribution is 7.11. The Morgan fingerprint density at radius 3 is 2.80 bits per heavy atom. The van der Waals surface area contributed by atoms with E-state index in [2.05, 4.69) is 10.3 Å². The molecule has 3 heterocycles. The van der Waals surface area contributed by atoms with Crippen molar-refractivity contribution in [2.75, 3.05) is 13.1 Å². The zero-order chi connectivity index (χ0) is 10.3. The molecule has 1 amide bonds. The normalized spacial score (nSPS) is 29.5. The van der Waals surface area contributed by atoms with Crippen molar-refractivity contribution in [1.82, 2.24) is 15.2 Å². The number of thiazole rings is 1. The summed E-state index contributed by atoms with van der Waals surface area (Å²) in [6.45, 7) is 1.88. The third kappa shape index (κ3) is 1.46. The van der Waals surface area contributed by atoms with Crippen LogP contribution in [0.3, 0.4) is 0 Å². The number of nitrogens with one attached hydrogen (secondary N) is 1. The molecule has 0 spiro atoms. The molecule has 1 aromatic rings. The monoisotopic (exact) mass is 223 g/mol. The zero-order valence-electron chi connectivity index (χ0n) is 8.35. The summed E-state index contributed by atoms with van der Waals surface area (Å²) < 4.78 is 0. The number of fused-ring (bicyclic) bond motifs is 2. The van der Waals surface area contributed by atoms with Gasteiger partial charge in [-0.05, 0) is 12.8 Å². The fourth-order valence-corrected chi connectivity index (χ4v) is 3.13. The molecule has 1 N–H and O–H groups in total. The highest BCUT2D eigenvalue weighted by Gasteiger charge is 2.40. The Labute approximate surface area is 92.3 Å². The minimum Gasteiger partial charge on any atom is -0.328 e. The van der Waals surface area contributed by atoms with E-state index >= 15 is 0 Å². The summed E-state index contributed by atoms with van der Waals surface area (Å²) in [6, 6.07) is 0.778. The van der Waals surface area contributed by atoms with Crippen LogP contribution in [0.2, 0.25) is 0 Å². The van der Waals surface area contributed by atoms with Crippen molar-refractivity contribution in [3.63, 3.8) is 0 Å². The van der Waals surface area contributed by atoms with Crippen LogP contribution in [0.25, 0.3) is 0 Å². The Morgan fingerprint density at radius 1 is 1.47 bits per heavy atom. The minimum absolute atomic E-state index is 0.124. The Balaban J connectivity index is 1.85. The summed E-state index contributed by atoms with van der Waals surface area (Å²) >= 11 is 1.43. The molecule has 80 valence electrons. The Morgan fingerprint density at radius 2 is 2.20 bits per heavy atom. The SMILES string of the molecule is O=C(c1nccs1)N1C2CCC1CNC2. The second kappa shape index (κ2) is 3.57. The summed E-state index contributed by atoms with van der Waals surface area (Å²) in [5, 5.41) is 5.86. The van der Waals surface area contributed by atoms with Crippen LogP contribution in [0, 0.1) is 0 Å². The first-order chi connectivity index (χ1) is 7.36. The number of amides is 1. The predicted octanol–water partition coefficient (Wildman–Crippen LogP) is 0.720. The quantitative estimate of drug-likeness (QED) is 0.763. The van der Waals surface area contributed by atoms with Crippen molar-refractivity contribution in [1.29, 1.82) is 0 Å². The van der Waals surface area contributed by atoms with Gasteiger partial charge in [0.2, 0.25) is 0 Å². The van der Waals surface area contributed by atoms with Crippen LogP contribution in [-0.4, -0.2) is 41.0 Å². The standard InChI is InChI=1S/C10H13N3OS/c14-10(9-12-3-4-15-9)13-7-1-2-8(13)6-11-5-7/h3-4,7-8,11H,1-2,5-6H2. The van der Waals surface area contributed by atoms with Crippen molar-refractivity contribution >= 4 is 17.2 Å². The van der Waals surface area contributed by atoms with E-state index in [0.717, 1.165) is 25.9 Å². The van der Waals surface area contributed by atoms with Crippen LogP contribution >= 0.6 is 11.3 Å². The van der Waals surface area contributed by atoms with Crippen LogP contribution in [0.5, 0.6) is 0 Å². The van der Waals surface area contributed by atoms with E-state index in [-0.39, 0.29) is 5.91 Å². The molecule has 1 aromatic heterocycles. The Hall–Kier alpha value is -0.940. The third-order valence-electron chi connectivity index (χ3n) is 3.23. The maximum Gasteiger partial charge on any atom is 0.283 e. The van der Waals surface area contributed by atoms with E-state index in [1.165, 1.54) is 11.3 Å². The van der Waals surface area contributed by atoms with E-state index in [0.29, 0.717) is 17.1 Å². The molecule has 0 saturated carbocycles. The van der Waals surface area contributed by atoms with Gasteiger partial charge in [-0.1, -0.05) is 0 Å². The topological polar surface area (TPSA) is 45.2 Å². The lowest BCUT2D eigenvalue weighted by Gasteiger charge is -2.34. The van der Waals surface area contributed by atoms with E-state index in [4.69, 9.17) is 0 Å². The highest BCUT2D eigenvalue weighted by atomic mass is 32.1. The molecule has 15 heavy (non-hydrogen) atoms. The van der Waals surface area contributed by atoms with Gasteiger partial charge < -0.3 is 10.2 Å². The molecule has 2 fully saturated rings. The molecule has 2 unspecified atom stereocenters. The number of rotatable bonds is 1. The van der Waals surface area contributed by atoms with Crippen molar-refractivity contribution in [3.05, 3.63) is 16.6 Å². The first-order valence-electron chi connectivity index (χ1n) is 5.29. The van der Waals surface area contributed by atoms with Gasteiger partial charge in [-0.2, -0.15) is 0 Å². The van der Waals surface area contributed by atoms with Gasteiger partial charge in [0.05, 0.1) is 0 Å². The molecule has 3 rings (SSSR count). The van der Waals surface area contributed by atoms with Crippen molar-refractivity contribution in [3.8, 4) is 0 Å². The maximum atomic E-state index is 12.2. The molecule has 4 nitrogen and oxygen atoms in total. The molecule has 0 aliphatic carbocycles. The van der Waals surface area contributed by atoms with Gasteiger partial charge in [-0.25, -0.2) is 4.98 Å². The third-order valence-corrected chi connectivity index (χ3v) is 3.99. The van der Waals surface area contributed by atoms with Crippen LogP contribution in [-0.2, 0) is 0 Å². The predicted molar refractivity (Wildman–Crippen MR) is 58.0 cm³/mol. The highest BCUT2D eigenvalue weighted by Crippen LogP contribution is 2.28. The van der Waals surface area contributed by atoms with Crippen molar-refractivity contribution < 1.29 is 4.79 Å². The lowest BCUT2D eigenvalue weighted by molar-refractivity contribution is 0.0619. The number of aromatic nitrogens is 1. The van der Waals surface area contributed by atoms with Crippen LogP contribution in [0.1, 0.15) is 22.6 Å². The van der Waals surface area contributed by atoms with Gasteiger partial charge in [0.15, 0.2) is 5.01 Å². The molecular weight excluding hydrogens is 210 g/mol. The summed E-state index contributed by atoms with van der Waals surface area (Å²) in [5.74, 6) is 0.124. The van der Waals surface area contributed by atoms with E-state index in [1.54, 1.807) is 6.20 Å². The Kier molecular flexibility index (Phi) is 2.21. The molecule has 0 aromatic carbocycles. The zero-order valence-corrected chi connectivity index (χ0v) is 9.17. The fourth-order valence-electron chi connectivity index (χ4n) is 2.55. The number of piperazine rings is 1. The first kappa shape index (κ1) is 9.30. The second-order valence-corrected chi connectivity index (χ2v) is 4.99. The summed E-state index contributed by atoms with van der Waals surface area (Å²) in [4.78, 5) is 18.3. The molecule has 2 bridgehead atoms. The van der Waals surface area contributed by atoms with E-state index < -0.39 is 0 Å². The second-order valence-electron chi connectivity index (χ2n) is 4.09. The largest absolute Gasteiger partial charge is 0.328 e. The fraction of sp³-hybridized carbons (Fsp3) is 0.600. The van der Waals surface area contributed by atoms with Gasteiger partial charge in [0, 0.05) is 36.8 Å². The molecule has 0 radical (unpaired) electrons. The average molecular weight is 223 g/mol. The molecule has 5 heteroatoms. The van der Waals surface area contributed by atoms with Crippen molar-refractivity contribution in [2.45, 2.75) is 24.9 Å². The lowest BCUT2D eigenvalue weighted by atomic mass is 10.2. The van der Waals surface area contributed by atoms with Gasteiger partial charge in [-0.15, -0.1) is 11.3 Å². The number of carbonyl (C=O) groups is 1. The van der Waals surface area contributed by atoms with Crippen LogP contribution < -0.4 is 5.32 Å². The van der Waals surface area contributed by atoms with Gasteiger partial charge >= 0.3 is 0 Å². The summed E-state index contributed by atoms with van der Waals surface area (Å²) in [6.07, 6.45) is 3.96. The molecule has 2 aliphatic heterocycles. The van der Waals surface area contributed by atoms with E-state index in [9.17, 15) is 4.79 Å². The minimum atomic E-state index is 0.124. The smallest absolute Gasteiger partial charge is 0.283 e.